The van der Waals surface area contributed by atoms with Gasteiger partial charge in [-0.25, -0.2) is 9.59 Å². The minimum Gasteiger partial charge on any atom is -0.480 e. The van der Waals surface area contributed by atoms with E-state index in [0.29, 0.717) is 11.1 Å². The Morgan fingerprint density at radius 3 is 2.12 bits per heavy atom. The van der Waals surface area contributed by atoms with E-state index in [1.165, 1.54) is 0 Å². The van der Waals surface area contributed by atoms with Gasteiger partial charge < -0.3 is 36.5 Å². The van der Waals surface area contributed by atoms with Gasteiger partial charge in [0.25, 0.3) is 0 Å². The number of benzene rings is 2. The Morgan fingerprint density at radius 1 is 0.857 bits per heavy atom. The van der Waals surface area contributed by atoms with Gasteiger partial charge in [0.2, 0.25) is 17.7 Å². The minimum absolute atomic E-state index is 0.00817. The van der Waals surface area contributed by atoms with Crippen LogP contribution >= 0.6 is 0 Å². The number of nitrogens with one attached hydrogen (secondary N) is 4. The molecule has 0 aliphatic rings. The molecule has 3 rings (SSSR count). The first kappa shape index (κ1) is 31.7. The van der Waals surface area contributed by atoms with E-state index in [-0.39, 0.29) is 25.7 Å². The van der Waals surface area contributed by atoms with Crippen molar-refractivity contribution in [3.05, 3.63) is 71.9 Å². The van der Waals surface area contributed by atoms with E-state index < -0.39 is 53.5 Å². The van der Waals surface area contributed by atoms with Crippen LogP contribution in [0.25, 0.3) is 10.9 Å². The van der Waals surface area contributed by atoms with Gasteiger partial charge in [-0.2, -0.15) is 0 Å². The van der Waals surface area contributed by atoms with Gasteiger partial charge in [-0.3, -0.25) is 14.4 Å². The van der Waals surface area contributed by atoms with Gasteiger partial charge in [0.15, 0.2) is 0 Å². The van der Waals surface area contributed by atoms with Gasteiger partial charge in [-0.15, -0.1) is 0 Å². The van der Waals surface area contributed by atoms with Gasteiger partial charge in [0.05, 0.1) is 0 Å². The van der Waals surface area contributed by atoms with Gasteiger partial charge in [-0.05, 0) is 44.4 Å². The number of hydrogen-bond acceptors (Lipinski definition) is 6. The lowest BCUT2D eigenvalue weighted by Crippen LogP contribution is -2.57. The van der Waals surface area contributed by atoms with Crippen molar-refractivity contribution in [1.82, 2.24) is 20.9 Å². The zero-order valence-electron chi connectivity index (χ0n) is 23.8. The number of aromatic nitrogens is 1. The van der Waals surface area contributed by atoms with Crippen molar-refractivity contribution in [2.75, 3.05) is 0 Å². The number of para-hydroxylation sites is 1. The molecule has 0 aliphatic heterocycles. The molecule has 12 nitrogen and oxygen atoms in total. The van der Waals surface area contributed by atoms with Crippen LogP contribution in [0.15, 0.2) is 60.8 Å². The third kappa shape index (κ3) is 9.65. The molecular weight excluding hydrogens is 542 g/mol. The highest BCUT2D eigenvalue weighted by atomic mass is 16.6. The molecule has 12 heteroatoms. The van der Waals surface area contributed by atoms with Crippen LogP contribution in [0, 0.1) is 0 Å². The van der Waals surface area contributed by atoms with E-state index in [4.69, 9.17) is 10.5 Å². The normalized spacial score (nSPS) is 13.4. The lowest BCUT2D eigenvalue weighted by Gasteiger charge is -2.26. The average molecular weight is 580 g/mol. The number of aliphatic carboxylic acids is 1. The Kier molecular flexibility index (Phi) is 10.7. The SMILES string of the molecule is CC(C)(C)OC(=O)N[C@@H](CCC(N)=O)C(=O)N[C@H](Cc1c[nH]c2ccccc12)C(=O)N[C@@H](Cc1ccccc1)C(=O)O. The molecule has 224 valence electrons. The van der Waals surface area contributed by atoms with Crippen molar-refractivity contribution >= 4 is 40.7 Å². The molecule has 1 heterocycles. The molecule has 2 aromatic carbocycles. The fraction of sp³-hybridized carbons (Fsp3) is 0.367. The number of carbonyl (C=O) groups is 5. The molecular formula is C30H37N5O7. The van der Waals surface area contributed by atoms with E-state index in [2.05, 4.69) is 20.9 Å². The first-order chi connectivity index (χ1) is 19.8. The number of carboxylic acids is 1. The number of primary amides is 1. The van der Waals surface area contributed by atoms with Crippen LogP contribution in [-0.2, 0) is 36.8 Å². The fourth-order valence-corrected chi connectivity index (χ4v) is 4.33. The second kappa shape index (κ2) is 14.2. The van der Waals surface area contributed by atoms with Gasteiger partial charge in [0.1, 0.15) is 23.7 Å². The number of alkyl carbamates (subject to hydrolysis) is 1. The van der Waals surface area contributed by atoms with Crippen LogP contribution in [0.4, 0.5) is 4.79 Å². The van der Waals surface area contributed by atoms with Crippen molar-refractivity contribution < 1.29 is 33.8 Å². The largest absolute Gasteiger partial charge is 0.480 e. The number of ether oxygens (including phenoxy) is 1. The number of hydrogen-bond donors (Lipinski definition) is 6. The molecule has 0 saturated heterocycles. The second-order valence-corrected chi connectivity index (χ2v) is 10.9. The van der Waals surface area contributed by atoms with Crippen LogP contribution in [0.5, 0.6) is 0 Å². The number of fused-ring (bicyclic) bond motifs is 1. The summed E-state index contributed by atoms with van der Waals surface area (Å²) in [5.41, 5.74) is 6.65. The van der Waals surface area contributed by atoms with Gasteiger partial charge in [-0.1, -0.05) is 48.5 Å². The summed E-state index contributed by atoms with van der Waals surface area (Å²) in [6, 6.07) is 12.5. The van der Waals surface area contributed by atoms with Crippen molar-refractivity contribution in [3.63, 3.8) is 0 Å². The van der Waals surface area contributed by atoms with E-state index in [0.717, 1.165) is 10.9 Å². The predicted octanol–water partition coefficient (Wildman–Crippen LogP) is 2.17. The maximum Gasteiger partial charge on any atom is 0.408 e. The van der Waals surface area contributed by atoms with Gasteiger partial charge in [0, 0.05) is 36.4 Å². The predicted molar refractivity (Wildman–Crippen MR) is 155 cm³/mol. The van der Waals surface area contributed by atoms with Crippen LogP contribution in [0.3, 0.4) is 0 Å². The number of aromatic amines is 1. The molecule has 7 N–H and O–H groups in total. The summed E-state index contributed by atoms with van der Waals surface area (Å²) in [7, 11) is 0. The van der Waals surface area contributed by atoms with Crippen LogP contribution < -0.4 is 21.7 Å². The molecule has 0 aliphatic carbocycles. The van der Waals surface area contributed by atoms with E-state index in [1.54, 1.807) is 57.3 Å². The molecule has 3 atom stereocenters. The Hall–Kier alpha value is -4.87. The zero-order chi connectivity index (χ0) is 30.9. The Bertz CT molecular complexity index is 1410. The number of carboxylic acid groups (broad SMARTS) is 1. The summed E-state index contributed by atoms with van der Waals surface area (Å²) in [6.07, 6.45) is 0.488. The number of rotatable bonds is 13. The highest BCUT2D eigenvalue weighted by molar-refractivity contribution is 5.94. The summed E-state index contributed by atoms with van der Waals surface area (Å²) in [5.74, 6) is -3.42. The molecule has 3 aromatic rings. The van der Waals surface area contributed by atoms with Crippen LogP contribution in [0.1, 0.15) is 44.7 Å². The maximum atomic E-state index is 13.6. The first-order valence-electron chi connectivity index (χ1n) is 13.5. The smallest absolute Gasteiger partial charge is 0.408 e. The maximum absolute atomic E-state index is 13.6. The Morgan fingerprint density at radius 2 is 1.48 bits per heavy atom. The molecule has 0 unspecified atom stereocenters. The quantitative estimate of drug-likeness (QED) is 0.179. The molecule has 0 saturated carbocycles. The number of carbonyl (C=O) groups excluding carboxylic acids is 4. The summed E-state index contributed by atoms with van der Waals surface area (Å²) in [6.45, 7) is 4.96. The Labute approximate surface area is 243 Å². The van der Waals surface area contributed by atoms with Crippen molar-refractivity contribution in [1.29, 1.82) is 0 Å². The summed E-state index contributed by atoms with van der Waals surface area (Å²) in [4.78, 5) is 66.1. The lowest BCUT2D eigenvalue weighted by molar-refractivity contribution is -0.142. The number of amides is 4. The molecule has 0 fully saturated rings. The van der Waals surface area contributed by atoms with Crippen LogP contribution in [-0.4, -0.2) is 63.6 Å². The molecule has 4 amide bonds. The summed E-state index contributed by atoms with van der Waals surface area (Å²) < 4.78 is 5.25. The second-order valence-electron chi connectivity index (χ2n) is 10.9. The number of nitrogens with two attached hydrogens (primary N) is 1. The van der Waals surface area contributed by atoms with Crippen molar-refractivity contribution in [2.45, 2.75) is 70.2 Å². The minimum atomic E-state index is -1.27. The van der Waals surface area contributed by atoms with Crippen molar-refractivity contribution in [3.8, 4) is 0 Å². The lowest BCUT2D eigenvalue weighted by atomic mass is 10.0. The zero-order valence-corrected chi connectivity index (χ0v) is 23.8. The highest BCUT2D eigenvalue weighted by Gasteiger charge is 2.31. The number of H-pyrrole nitrogens is 1. The molecule has 42 heavy (non-hydrogen) atoms. The third-order valence-corrected chi connectivity index (χ3v) is 6.32. The molecule has 0 spiro atoms. The monoisotopic (exact) mass is 579 g/mol. The van der Waals surface area contributed by atoms with Gasteiger partial charge >= 0.3 is 12.1 Å². The van der Waals surface area contributed by atoms with Crippen LogP contribution in [0.2, 0.25) is 0 Å². The standard InChI is InChI=1S/C30H37N5O7/c1-30(2,3)42-29(41)35-22(13-14-25(31)36)26(37)33-23(16-19-17-32-21-12-8-7-11-20(19)21)27(38)34-24(28(39)40)15-18-9-5-4-6-10-18/h4-12,17,22-24,32H,13-16H2,1-3H3,(H2,31,36)(H,33,37)(H,34,38)(H,35,41)(H,39,40)/t22-,23+,24-/m0/s1. The highest BCUT2D eigenvalue weighted by Crippen LogP contribution is 2.19. The van der Waals surface area contributed by atoms with Crippen molar-refractivity contribution in [2.24, 2.45) is 5.73 Å². The summed E-state index contributed by atoms with van der Waals surface area (Å²) >= 11 is 0. The average Bonchev–Trinajstić information content (AvgIpc) is 3.32. The summed E-state index contributed by atoms with van der Waals surface area (Å²) in [5, 5.41) is 18.3. The fourth-order valence-electron chi connectivity index (χ4n) is 4.33. The topological polar surface area (TPSA) is 193 Å². The van der Waals surface area contributed by atoms with E-state index in [9.17, 15) is 29.1 Å². The first-order valence-corrected chi connectivity index (χ1v) is 13.5. The Balaban J connectivity index is 1.86. The third-order valence-electron chi connectivity index (χ3n) is 6.32. The molecule has 1 aromatic heterocycles. The molecule has 0 bridgehead atoms. The molecule has 0 radical (unpaired) electrons. The van der Waals surface area contributed by atoms with E-state index >= 15 is 0 Å². The van der Waals surface area contributed by atoms with E-state index in [1.807, 2.05) is 24.3 Å².